The molecule has 4 aliphatic carbocycles. The first-order chi connectivity index (χ1) is 10.0. The Bertz CT molecular complexity index is 411. The van der Waals surface area contributed by atoms with E-state index in [2.05, 4.69) is 31.6 Å². The van der Waals surface area contributed by atoms with E-state index in [1.807, 2.05) is 0 Å². The molecule has 3 atom stereocenters. The van der Waals surface area contributed by atoms with Crippen molar-refractivity contribution in [3.05, 3.63) is 12.7 Å². The molecule has 21 heavy (non-hydrogen) atoms. The van der Waals surface area contributed by atoms with E-state index < -0.39 is 0 Å². The minimum atomic E-state index is 0.0596. The van der Waals surface area contributed by atoms with Gasteiger partial charge < -0.3 is 0 Å². The SMILES string of the molecule is C=C[C@]1(C)C2CC3CC(C2)CC1(ON1CCC(C)CC1)C3. The van der Waals surface area contributed by atoms with Crippen molar-refractivity contribution in [2.75, 3.05) is 13.1 Å². The van der Waals surface area contributed by atoms with Crippen LogP contribution in [0.5, 0.6) is 0 Å². The maximum atomic E-state index is 6.81. The summed E-state index contributed by atoms with van der Waals surface area (Å²) in [7, 11) is 0. The summed E-state index contributed by atoms with van der Waals surface area (Å²) in [6, 6.07) is 0. The van der Waals surface area contributed by atoms with Gasteiger partial charge in [-0.2, -0.15) is 5.06 Å². The van der Waals surface area contributed by atoms with Gasteiger partial charge >= 0.3 is 0 Å². The molecular weight excluding hydrogens is 258 g/mol. The molecule has 5 rings (SSSR count). The van der Waals surface area contributed by atoms with Crippen molar-refractivity contribution in [1.82, 2.24) is 5.06 Å². The Labute approximate surface area is 129 Å². The summed E-state index contributed by atoms with van der Waals surface area (Å²) in [4.78, 5) is 6.81. The second-order valence-electron chi connectivity index (χ2n) is 8.73. The summed E-state index contributed by atoms with van der Waals surface area (Å²) >= 11 is 0. The maximum Gasteiger partial charge on any atom is 0.0994 e. The summed E-state index contributed by atoms with van der Waals surface area (Å²) in [5, 5.41) is 2.31. The number of piperidine rings is 1. The number of rotatable bonds is 3. The van der Waals surface area contributed by atoms with Gasteiger partial charge in [0.05, 0.1) is 5.60 Å². The van der Waals surface area contributed by atoms with Crippen molar-refractivity contribution in [2.24, 2.45) is 29.1 Å². The van der Waals surface area contributed by atoms with E-state index in [-0.39, 0.29) is 11.0 Å². The van der Waals surface area contributed by atoms with Crippen LogP contribution in [-0.4, -0.2) is 23.8 Å². The van der Waals surface area contributed by atoms with Crippen LogP contribution in [0.3, 0.4) is 0 Å². The normalized spacial score (nSPS) is 50.5. The fourth-order valence-corrected chi connectivity index (χ4v) is 6.06. The molecule has 118 valence electrons. The number of hydrogen-bond donors (Lipinski definition) is 0. The van der Waals surface area contributed by atoms with Gasteiger partial charge in [-0.1, -0.05) is 19.9 Å². The maximum absolute atomic E-state index is 6.81. The predicted molar refractivity (Wildman–Crippen MR) is 85.6 cm³/mol. The molecule has 2 nitrogen and oxygen atoms in total. The van der Waals surface area contributed by atoms with E-state index in [4.69, 9.17) is 4.84 Å². The topological polar surface area (TPSA) is 12.5 Å². The molecule has 0 spiro atoms. The van der Waals surface area contributed by atoms with Gasteiger partial charge in [-0.05, 0) is 68.6 Å². The smallest absolute Gasteiger partial charge is 0.0994 e. The number of nitrogens with zero attached hydrogens (tertiary/aromatic N) is 1. The fourth-order valence-electron chi connectivity index (χ4n) is 6.06. The standard InChI is InChI=1S/C19H31NO/c1-4-18(3)17-10-15-9-16(11-17)13-19(18,12-15)21-20-7-5-14(2)6-8-20/h4,14-17H,1,5-13H2,2-3H3/t15?,16?,17?,18-,19?/m1/s1. The summed E-state index contributed by atoms with van der Waals surface area (Å²) < 4.78 is 0. The zero-order valence-electron chi connectivity index (χ0n) is 13.8. The van der Waals surface area contributed by atoms with Gasteiger partial charge in [-0.15, -0.1) is 6.58 Å². The molecular formula is C19H31NO. The van der Waals surface area contributed by atoms with E-state index in [1.54, 1.807) is 0 Å². The highest BCUT2D eigenvalue weighted by Gasteiger charge is 2.64. The molecule has 4 bridgehead atoms. The molecule has 4 saturated carbocycles. The van der Waals surface area contributed by atoms with Crippen molar-refractivity contribution >= 4 is 0 Å². The van der Waals surface area contributed by atoms with Crippen LogP contribution in [0.1, 0.15) is 58.8 Å². The number of hydrogen-bond acceptors (Lipinski definition) is 2. The molecule has 1 saturated heterocycles. The lowest BCUT2D eigenvalue weighted by Gasteiger charge is -2.65. The van der Waals surface area contributed by atoms with E-state index in [9.17, 15) is 0 Å². The van der Waals surface area contributed by atoms with Gasteiger partial charge in [0, 0.05) is 18.5 Å². The van der Waals surface area contributed by atoms with Gasteiger partial charge in [0.25, 0.3) is 0 Å². The Balaban J connectivity index is 1.59. The Morgan fingerprint density at radius 2 is 1.71 bits per heavy atom. The highest BCUT2D eigenvalue weighted by Crippen LogP contribution is 2.66. The third-order valence-corrected chi connectivity index (χ3v) is 7.44. The number of hydroxylamine groups is 2. The second-order valence-corrected chi connectivity index (χ2v) is 8.73. The molecule has 5 fully saturated rings. The first-order valence-electron chi connectivity index (χ1n) is 9.12. The van der Waals surface area contributed by atoms with Crippen molar-refractivity contribution < 1.29 is 4.84 Å². The summed E-state index contributed by atoms with van der Waals surface area (Å²) in [5.74, 6) is 3.51. The van der Waals surface area contributed by atoms with Gasteiger partial charge in [-0.25, -0.2) is 0 Å². The molecule has 2 heteroatoms. The van der Waals surface area contributed by atoms with Crippen LogP contribution >= 0.6 is 0 Å². The molecule has 1 heterocycles. The zero-order chi connectivity index (χ0) is 14.7. The predicted octanol–water partition coefficient (Wildman–Crippen LogP) is 4.42. The van der Waals surface area contributed by atoms with Gasteiger partial charge in [0.15, 0.2) is 0 Å². The minimum Gasteiger partial charge on any atom is -0.291 e. The second kappa shape index (κ2) is 4.83. The van der Waals surface area contributed by atoms with Crippen molar-refractivity contribution in [3.63, 3.8) is 0 Å². The summed E-state index contributed by atoms with van der Waals surface area (Å²) in [6.07, 6.45) is 11.7. The highest BCUT2D eigenvalue weighted by atomic mass is 16.7. The molecule has 1 aliphatic heterocycles. The Morgan fingerprint density at radius 3 is 2.29 bits per heavy atom. The summed E-state index contributed by atoms with van der Waals surface area (Å²) in [6.45, 7) is 11.3. The van der Waals surface area contributed by atoms with E-state index in [1.165, 1.54) is 44.9 Å². The van der Waals surface area contributed by atoms with Crippen LogP contribution in [0.15, 0.2) is 12.7 Å². The third-order valence-electron chi connectivity index (χ3n) is 7.44. The Hall–Kier alpha value is -0.340. The van der Waals surface area contributed by atoms with E-state index >= 15 is 0 Å². The van der Waals surface area contributed by atoms with E-state index in [0.717, 1.165) is 36.8 Å². The average molecular weight is 289 g/mol. The lowest BCUT2D eigenvalue weighted by atomic mass is 9.44. The van der Waals surface area contributed by atoms with Crippen molar-refractivity contribution in [2.45, 2.75) is 64.4 Å². The summed E-state index contributed by atoms with van der Waals surface area (Å²) in [5.41, 5.74) is 0.244. The first kappa shape index (κ1) is 14.3. The Kier molecular flexibility index (Phi) is 3.28. The van der Waals surface area contributed by atoms with Crippen molar-refractivity contribution in [3.8, 4) is 0 Å². The van der Waals surface area contributed by atoms with Crippen LogP contribution in [0.2, 0.25) is 0 Å². The van der Waals surface area contributed by atoms with Gasteiger partial charge in [0.1, 0.15) is 0 Å². The lowest BCUT2D eigenvalue weighted by molar-refractivity contribution is -0.334. The van der Waals surface area contributed by atoms with Gasteiger partial charge in [0.2, 0.25) is 0 Å². The average Bonchev–Trinajstić information content (AvgIpc) is 2.46. The molecule has 5 aliphatic rings. The molecule has 2 unspecified atom stereocenters. The molecule has 0 amide bonds. The Morgan fingerprint density at radius 1 is 1.10 bits per heavy atom. The lowest BCUT2D eigenvalue weighted by Crippen LogP contribution is -2.65. The van der Waals surface area contributed by atoms with Crippen LogP contribution < -0.4 is 0 Å². The monoisotopic (exact) mass is 289 g/mol. The van der Waals surface area contributed by atoms with Crippen molar-refractivity contribution in [1.29, 1.82) is 0 Å². The molecule has 0 aromatic rings. The quantitative estimate of drug-likeness (QED) is 0.713. The van der Waals surface area contributed by atoms with Gasteiger partial charge in [-0.3, -0.25) is 4.84 Å². The molecule has 0 aromatic carbocycles. The van der Waals surface area contributed by atoms with Crippen LogP contribution in [0.25, 0.3) is 0 Å². The van der Waals surface area contributed by atoms with Crippen LogP contribution in [-0.2, 0) is 4.84 Å². The largest absolute Gasteiger partial charge is 0.291 e. The van der Waals surface area contributed by atoms with Crippen LogP contribution in [0.4, 0.5) is 0 Å². The third kappa shape index (κ3) is 2.05. The molecule has 0 N–H and O–H groups in total. The molecule has 0 radical (unpaired) electrons. The highest BCUT2D eigenvalue weighted by molar-refractivity contribution is 5.19. The zero-order valence-corrected chi connectivity index (χ0v) is 13.8. The van der Waals surface area contributed by atoms with Crippen LogP contribution in [0, 0.1) is 29.1 Å². The fraction of sp³-hybridized carbons (Fsp3) is 0.895. The first-order valence-corrected chi connectivity index (χ1v) is 9.12. The minimum absolute atomic E-state index is 0.0596. The molecule has 0 aromatic heterocycles. The van der Waals surface area contributed by atoms with E-state index in [0.29, 0.717) is 0 Å².